The van der Waals surface area contributed by atoms with Gasteiger partial charge in [0.05, 0.1) is 17.0 Å². The van der Waals surface area contributed by atoms with Crippen molar-refractivity contribution in [3.63, 3.8) is 0 Å². The van der Waals surface area contributed by atoms with E-state index in [1.165, 1.54) is 0 Å². The van der Waals surface area contributed by atoms with E-state index in [9.17, 15) is 31.1 Å². The molecule has 8 heteroatoms. The number of halogens is 6. The number of carboxylic acids is 1. The zero-order chi connectivity index (χ0) is 16.0. The maximum Gasteiger partial charge on any atom is 0.416 e. The van der Waals surface area contributed by atoms with Gasteiger partial charge in [0, 0.05) is 0 Å². The summed E-state index contributed by atoms with van der Waals surface area (Å²) < 4.78 is 76.5. The molecule has 116 valence electrons. The molecule has 0 aliphatic heterocycles. The van der Waals surface area contributed by atoms with Gasteiger partial charge in [0.15, 0.2) is 0 Å². The first-order valence-electron chi connectivity index (χ1n) is 6.03. The van der Waals surface area contributed by atoms with Gasteiger partial charge in [-0.25, -0.2) is 0 Å². The highest BCUT2D eigenvalue weighted by Crippen LogP contribution is 2.47. The summed E-state index contributed by atoms with van der Waals surface area (Å²) in [6.45, 7) is 0. The zero-order valence-corrected chi connectivity index (χ0v) is 10.4. The second-order valence-electron chi connectivity index (χ2n) is 4.95. The lowest BCUT2D eigenvalue weighted by molar-refractivity contribution is -0.144. The molecule has 2 rings (SSSR count). The SMILES string of the molecule is O=C(O)C(c1ccc(C(F)(F)F)cc1C(F)(F)F)C1CC1. The zero-order valence-electron chi connectivity index (χ0n) is 10.4. The summed E-state index contributed by atoms with van der Waals surface area (Å²) in [5, 5.41) is 9.07. The fourth-order valence-electron chi connectivity index (χ4n) is 2.27. The Labute approximate surface area is 115 Å². The fourth-order valence-corrected chi connectivity index (χ4v) is 2.27. The van der Waals surface area contributed by atoms with Gasteiger partial charge in [-0.3, -0.25) is 4.79 Å². The van der Waals surface area contributed by atoms with Crippen LogP contribution in [-0.2, 0) is 17.1 Å². The van der Waals surface area contributed by atoms with Crippen LogP contribution < -0.4 is 0 Å². The first-order chi connectivity index (χ1) is 9.51. The van der Waals surface area contributed by atoms with E-state index in [0.717, 1.165) is 0 Å². The van der Waals surface area contributed by atoms with Crippen molar-refractivity contribution in [3.05, 3.63) is 34.9 Å². The van der Waals surface area contributed by atoms with Crippen molar-refractivity contribution in [2.45, 2.75) is 31.1 Å². The van der Waals surface area contributed by atoms with E-state index < -0.39 is 46.8 Å². The highest BCUT2D eigenvalue weighted by atomic mass is 19.4. The summed E-state index contributed by atoms with van der Waals surface area (Å²) in [6.07, 6.45) is -9.05. The van der Waals surface area contributed by atoms with Crippen LogP contribution in [0.3, 0.4) is 0 Å². The van der Waals surface area contributed by atoms with Crippen molar-refractivity contribution in [3.8, 4) is 0 Å². The first-order valence-corrected chi connectivity index (χ1v) is 6.03. The number of hydrogen-bond acceptors (Lipinski definition) is 1. The summed E-state index contributed by atoms with van der Waals surface area (Å²) >= 11 is 0. The van der Waals surface area contributed by atoms with Crippen LogP contribution in [0, 0.1) is 5.92 Å². The summed E-state index contributed by atoms with van der Waals surface area (Å²) in [4.78, 5) is 11.2. The maximum atomic E-state index is 13.0. The normalized spacial score (nSPS) is 17.6. The van der Waals surface area contributed by atoms with Crippen LogP contribution in [0.2, 0.25) is 0 Å². The van der Waals surface area contributed by atoms with Crippen LogP contribution in [-0.4, -0.2) is 11.1 Å². The Morgan fingerprint density at radius 3 is 2.05 bits per heavy atom. The molecule has 1 aliphatic carbocycles. The average molecular weight is 312 g/mol. The van der Waals surface area contributed by atoms with Gasteiger partial charge < -0.3 is 5.11 Å². The molecule has 1 fully saturated rings. The third kappa shape index (κ3) is 3.30. The van der Waals surface area contributed by atoms with Gasteiger partial charge in [-0.15, -0.1) is 0 Å². The van der Waals surface area contributed by atoms with E-state index in [-0.39, 0.29) is 6.07 Å². The third-order valence-electron chi connectivity index (χ3n) is 3.38. The van der Waals surface area contributed by atoms with Gasteiger partial charge in [-0.2, -0.15) is 26.3 Å². The molecule has 1 unspecified atom stereocenters. The van der Waals surface area contributed by atoms with Gasteiger partial charge in [-0.05, 0) is 36.5 Å². The van der Waals surface area contributed by atoms with Crippen LogP contribution >= 0.6 is 0 Å². The van der Waals surface area contributed by atoms with Crippen molar-refractivity contribution in [1.29, 1.82) is 0 Å². The minimum Gasteiger partial charge on any atom is -0.481 e. The topological polar surface area (TPSA) is 37.3 Å². The Hall–Kier alpha value is -1.73. The quantitative estimate of drug-likeness (QED) is 0.845. The summed E-state index contributed by atoms with van der Waals surface area (Å²) in [6, 6.07) is 1.10. The number of alkyl halides is 6. The molecule has 1 aromatic rings. The molecular formula is C13H10F6O2. The predicted octanol–water partition coefficient (Wildman–Crippen LogP) is 4.30. The molecule has 0 radical (unpaired) electrons. The second kappa shape index (κ2) is 4.92. The Bertz CT molecular complexity index is 557. The average Bonchev–Trinajstić information content (AvgIpc) is 3.10. The number of rotatable bonds is 3. The first kappa shape index (κ1) is 15.7. The lowest BCUT2D eigenvalue weighted by Crippen LogP contribution is -2.20. The molecule has 0 amide bonds. The Kier molecular flexibility index (Phi) is 3.67. The van der Waals surface area contributed by atoms with Gasteiger partial charge in [0.25, 0.3) is 0 Å². The van der Waals surface area contributed by atoms with Gasteiger partial charge in [0.1, 0.15) is 0 Å². The van der Waals surface area contributed by atoms with Gasteiger partial charge >= 0.3 is 18.3 Å². The molecule has 1 N–H and O–H groups in total. The van der Waals surface area contributed by atoms with E-state index in [1.54, 1.807) is 0 Å². The fraction of sp³-hybridized carbons (Fsp3) is 0.462. The number of hydrogen-bond donors (Lipinski definition) is 1. The maximum absolute atomic E-state index is 13.0. The Balaban J connectivity index is 2.57. The van der Waals surface area contributed by atoms with Crippen molar-refractivity contribution in [2.75, 3.05) is 0 Å². The molecule has 1 aromatic carbocycles. The monoisotopic (exact) mass is 312 g/mol. The smallest absolute Gasteiger partial charge is 0.416 e. The van der Waals surface area contributed by atoms with Crippen molar-refractivity contribution in [1.82, 2.24) is 0 Å². The van der Waals surface area contributed by atoms with Crippen molar-refractivity contribution in [2.24, 2.45) is 5.92 Å². The summed E-state index contributed by atoms with van der Waals surface area (Å²) in [5.41, 5.74) is -3.58. The molecule has 1 saturated carbocycles. The van der Waals surface area contributed by atoms with Crippen LogP contribution in [0.15, 0.2) is 18.2 Å². The number of aliphatic carboxylic acids is 1. The van der Waals surface area contributed by atoms with E-state index in [1.807, 2.05) is 0 Å². The summed E-state index contributed by atoms with van der Waals surface area (Å²) in [5.74, 6) is -3.34. The van der Waals surface area contributed by atoms with Gasteiger partial charge in [-0.1, -0.05) is 6.07 Å². The molecule has 1 aliphatic rings. The standard InChI is InChI=1S/C13H10F6O2/c14-12(15,16)7-3-4-8(9(5-7)13(17,18)19)10(11(20)21)6-1-2-6/h3-6,10H,1-2H2,(H,20,21). The van der Waals surface area contributed by atoms with Gasteiger partial charge in [0.2, 0.25) is 0 Å². The third-order valence-corrected chi connectivity index (χ3v) is 3.38. The minimum absolute atomic E-state index is 0.0202. The Morgan fingerprint density at radius 2 is 1.67 bits per heavy atom. The lowest BCUT2D eigenvalue weighted by Gasteiger charge is -2.20. The van der Waals surface area contributed by atoms with Crippen LogP contribution in [0.5, 0.6) is 0 Å². The molecule has 0 heterocycles. The predicted molar refractivity (Wildman–Crippen MR) is 59.5 cm³/mol. The summed E-state index contributed by atoms with van der Waals surface area (Å²) in [7, 11) is 0. The largest absolute Gasteiger partial charge is 0.481 e. The van der Waals surface area contributed by atoms with E-state index in [2.05, 4.69) is 0 Å². The van der Waals surface area contributed by atoms with Crippen LogP contribution in [0.4, 0.5) is 26.3 Å². The molecule has 0 spiro atoms. The molecule has 0 aromatic heterocycles. The van der Waals surface area contributed by atoms with E-state index in [0.29, 0.717) is 25.0 Å². The lowest BCUT2D eigenvalue weighted by atomic mass is 9.89. The molecule has 1 atom stereocenters. The number of carboxylic acid groups (broad SMARTS) is 1. The molecule has 0 saturated heterocycles. The van der Waals surface area contributed by atoms with Crippen LogP contribution in [0.1, 0.15) is 35.4 Å². The van der Waals surface area contributed by atoms with Crippen LogP contribution in [0.25, 0.3) is 0 Å². The molecular weight excluding hydrogens is 302 g/mol. The second-order valence-corrected chi connectivity index (χ2v) is 4.95. The Morgan fingerprint density at radius 1 is 1.10 bits per heavy atom. The molecule has 0 bridgehead atoms. The van der Waals surface area contributed by atoms with Crippen molar-refractivity contribution >= 4 is 5.97 Å². The highest BCUT2D eigenvalue weighted by Gasteiger charge is 2.44. The number of benzene rings is 1. The number of carbonyl (C=O) groups is 1. The van der Waals surface area contributed by atoms with Crippen molar-refractivity contribution < 1.29 is 36.2 Å². The highest BCUT2D eigenvalue weighted by molar-refractivity contribution is 5.77. The molecule has 21 heavy (non-hydrogen) atoms. The molecule has 2 nitrogen and oxygen atoms in total. The van der Waals surface area contributed by atoms with E-state index in [4.69, 9.17) is 5.11 Å². The van der Waals surface area contributed by atoms with E-state index >= 15 is 0 Å². The minimum atomic E-state index is -5.04.